The fourth-order valence-corrected chi connectivity index (χ4v) is 7.81. The monoisotopic (exact) mass is 910 g/mol. The molecule has 358 valence electrons. The van der Waals surface area contributed by atoms with Crippen molar-refractivity contribution in [3.05, 3.63) is 115 Å². The van der Waals surface area contributed by atoms with E-state index in [2.05, 4.69) is 83.1 Å². The van der Waals surface area contributed by atoms with Crippen LogP contribution < -0.4 is 18.9 Å². The van der Waals surface area contributed by atoms with E-state index in [0.717, 1.165) is 33.4 Å². The van der Waals surface area contributed by atoms with Crippen molar-refractivity contribution in [1.82, 2.24) is 0 Å². The van der Waals surface area contributed by atoms with E-state index in [4.69, 9.17) is 18.9 Å². The van der Waals surface area contributed by atoms with Crippen LogP contribution in [0.3, 0.4) is 0 Å². The van der Waals surface area contributed by atoms with E-state index >= 15 is 0 Å². The Balaban J connectivity index is 2.12. The molecule has 12 nitrogen and oxygen atoms in total. The number of carboxylic acid groups (broad SMARTS) is 4. The molecule has 0 aliphatic heterocycles. The largest absolute Gasteiger partial charge is 0.481 e. The molecule has 0 saturated carbocycles. The second-order valence-electron chi connectivity index (χ2n) is 21.3. The lowest BCUT2D eigenvalue weighted by Crippen LogP contribution is -2.19. The predicted octanol–water partition coefficient (Wildman–Crippen LogP) is 10.4. The number of aliphatic carboxylic acids is 4. The number of carboxylic acids is 4. The summed E-state index contributed by atoms with van der Waals surface area (Å²) in [6.45, 7) is 26.4. The molecule has 0 fully saturated rings. The van der Waals surface area contributed by atoms with Crippen LogP contribution in [0.25, 0.3) is 0 Å². The van der Waals surface area contributed by atoms with Crippen LogP contribution in [-0.2, 0) is 66.5 Å². The van der Waals surface area contributed by atoms with Crippen LogP contribution in [0.2, 0.25) is 0 Å². The minimum absolute atomic E-state index is 0.131. The van der Waals surface area contributed by atoms with Gasteiger partial charge >= 0.3 is 23.9 Å². The Labute approximate surface area is 390 Å². The highest BCUT2D eigenvalue weighted by molar-refractivity contribution is 5.71. The SMILES string of the molecule is CCc1cc(C(C)(C)C)cc(Cc2cc(C(C)(C)C)cc(Cc3cc(C(C)(C)C)cc(Cc4cc(C(C)(C)C)cc(C)c4OCC(=O)O)c3OCC(=O)O)c2OCC(=O)O)c1OCC(=O)O. The van der Waals surface area contributed by atoms with Crippen molar-refractivity contribution in [2.45, 2.75) is 144 Å². The minimum atomic E-state index is -1.18. The maximum atomic E-state index is 12.3. The summed E-state index contributed by atoms with van der Waals surface area (Å²) >= 11 is 0. The van der Waals surface area contributed by atoms with Gasteiger partial charge in [-0.1, -0.05) is 139 Å². The summed E-state index contributed by atoms with van der Waals surface area (Å²) in [5.74, 6) is -3.12. The molecule has 4 aromatic carbocycles. The maximum Gasteiger partial charge on any atom is 0.341 e. The van der Waals surface area contributed by atoms with Crippen molar-refractivity contribution in [2.24, 2.45) is 0 Å². The third kappa shape index (κ3) is 14.0. The predicted molar refractivity (Wildman–Crippen MR) is 256 cm³/mol. The Morgan fingerprint density at radius 3 is 0.833 bits per heavy atom. The van der Waals surface area contributed by atoms with Gasteiger partial charge in [0.2, 0.25) is 0 Å². The molecule has 4 N–H and O–H groups in total. The molecule has 4 rings (SSSR count). The third-order valence-corrected chi connectivity index (χ3v) is 11.4. The topological polar surface area (TPSA) is 186 Å². The summed E-state index contributed by atoms with van der Waals surface area (Å²) in [6, 6.07) is 16.0. The highest BCUT2D eigenvalue weighted by Gasteiger charge is 2.28. The van der Waals surface area contributed by atoms with Gasteiger partial charge in [0.1, 0.15) is 23.0 Å². The quantitative estimate of drug-likeness (QED) is 0.0699. The van der Waals surface area contributed by atoms with Crippen molar-refractivity contribution < 1.29 is 58.6 Å². The van der Waals surface area contributed by atoms with Gasteiger partial charge in [0.25, 0.3) is 0 Å². The van der Waals surface area contributed by atoms with Crippen LogP contribution in [0, 0.1) is 6.92 Å². The fourth-order valence-electron chi connectivity index (χ4n) is 7.81. The normalized spacial score (nSPS) is 12.2. The first-order chi connectivity index (χ1) is 30.4. The smallest absolute Gasteiger partial charge is 0.341 e. The zero-order valence-corrected chi connectivity index (χ0v) is 41.3. The van der Waals surface area contributed by atoms with E-state index in [1.54, 1.807) is 0 Å². The number of hydrogen-bond acceptors (Lipinski definition) is 8. The molecular weight excluding hydrogens is 841 g/mol. The van der Waals surface area contributed by atoms with Gasteiger partial charge in [0, 0.05) is 19.3 Å². The lowest BCUT2D eigenvalue weighted by Gasteiger charge is -2.28. The molecule has 0 atom stereocenters. The Kier molecular flexibility index (Phi) is 16.4. The third-order valence-electron chi connectivity index (χ3n) is 11.4. The number of aryl methyl sites for hydroxylation is 2. The molecule has 0 spiro atoms. The first-order valence-electron chi connectivity index (χ1n) is 22.4. The summed E-state index contributed by atoms with van der Waals surface area (Å²) in [5.41, 5.74) is 8.04. The van der Waals surface area contributed by atoms with Gasteiger partial charge in [-0.2, -0.15) is 0 Å². The van der Waals surface area contributed by atoms with Crippen LogP contribution in [0.5, 0.6) is 23.0 Å². The van der Waals surface area contributed by atoms with E-state index in [1.165, 1.54) is 0 Å². The number of carbonyl (C=O) groups is 4. The average Bonchev–Trinajstić information content (AvgIpc) is 3.17. The molecule has 0 unspecified atom stereocenters. The molecule has 0 bridgehead atoms. The highest BCUT2D eigenvalue weighted by atomic mass is 16.5. The first kappa shape index (κ1) is 52.6. The van der Waals surface area contributed by atoms with Crippen LogP contribution in [0.1, 0.15) is 157 Å². The number of rotatable bonds is 19. The highest BCUT2D eigenvalue weighted by Crippen LogP contribution is 2.42. The van der Waals surface area contributed by atoms with Crippen LogP contribution in [0.15, 0.2) is 48.5 Å². The van der Waals surface area contributed by atoms with E-state index in [1.807, 2.05) is 62.4 Å². The first-order valence-corrected chi connectivity index (χ1v) is 22.4. The van der Waals surface area contributed by atoms with Crippen molar-refractivity contribution in [1.29, 1.82) is 0 Å². The lowest BCUT2D eigenvalue weighted by atomic mass is 9.80. The molecular formula is C54H70O12. The van der Waals surface area contributed by atoms with Crippen molar-refractivity contribution >= 4 is 23.9 Å². The standard InChI is InChI=1S/C54H70O12/c1-15-32-20-40(52(6,7)8)22-34(48(32)64-28-44(57)58)18-36-24-42(54(12,13)14)26-38(50(36)66-30-46(61)62)19-37-25-41(53(9,10)11)23-35(49(37)65-29-45(59)60)17-33-21-39(51(3,4)5)16-31(2)47(33)63-27-43(55)56/h16,20-26H,15,17-19,27-30H2,1-14H3,(H,55,56)(H,57,58)(H,59,60)(H,61,62). The Morgan fingerprint density at radius 1 is 0.379 bits per heavy atom. The summed E-state index contributed by atoms with van der Waals surface area (Å²) < 4.78 is 24.5. The minimum Gasteiger partial charge on any atom is -0.481 e. The molecule has 0 aliphatic rings. The van der Waals surface area contributed by atoms with E-state index in [9.17, 15) is 39.6 Å². The Morgan fingerprint density at radius 2 is 0.591 bits per heavy atom. The van der Waals surface area contributed by atoms with Crippen molar-refractivity contribution in [3.63, 3.8) is 0 Å². The summed E-state index contributed by atoms with van der Waals surface area (Å²) in [7, 11) is 0. The van der Waals surface area contributed by atoms with Gasteiger partial charge < -0.3 is 39.4 Å². The van der Waals surface area contributed by atoms with Gasteiger partial charge in [-0.05, 0) is 102 Å². The number of hydrogen-bond donors (Lipinski definition) is 4. The summed E-state index contributed by atoms with van der Waals surface area (Å²) in [4.78, 5) is 48.1. The zero-order chi connectivity index (χ0) is 49.7. The molecule has 12 heteroatoms. The van der Waals surface area contributed by atoms with Gasteiger partial charge in [0.05, 0.1) is 0 Å². The van der Waals surface area contributed by atoms with E-state index in [0.29, 0.717) is 62.8 Å². The van der Waals surface area contributed by atoms with E-state index < -0.39 is 61.1 Å². The second kappa shape index (κ2) is 20.6. The van der Waals surface area contributed by atoms with Crippen LogP contribution >= 0.6 is 0 Å². The van der Waals surface area contributed by atoms with Gasteiger partial charge in [0.15, 0.2) is 26.4 Å². The number of ether oxygens (including phenoxy) is 4. The summed E-state index contributed by atoms with van der Waals surface area (Å²) in [6.07, 6.45) is 1.10. The lowest BCUT2D eigenvalue weighted by molar-refractivity contribution is -0.140. The van der Waals surface area contributed by atoms with Crippen LogP contribution in [-0.4, -0.2) is 70.7 Å². The molecule has 0 aliphatic carbocycles. The zero-order valence-electron chi connectivity index (χ0n) is 41.3. The molecule has 0 aromatic heterocycles. The van der Waals surface area contributed by atoms with Gasteiger partial charge in [-0.25, -0.2) is 19.2 Å². The average molecular weight is 911 g/mol. The summed E-state index contributed by atoms with van der Waals surface area (Å²) in [5, 5.41) is 39.3. The van der Waals surface area contributed by atoms with Crippen molar-refractivity contribution in [2.75, 3.05) is 26.4 Å². The molecule has 0 heterocycles. The second-order valence-corrected chi connectivity index (χ2v) is 21.3. The van der Waals surface area contributed by atoms with Gasteiger partial charge in [-0.3, -0.25) is 0 Å². The molecule has 66 heavy (non-hydrogen) atoms. The molecule has 0 radical (unpaired) electrons. The van der Waals surface area contributed by atoms with Crippen molar-refractivity contribution in [3.8, 4) is 23.0 Å². The van der Waals surface area contributed by atoms with E-state index in [-0.39, 0.29) is 30.1 Å². The number of benzene rings is 4. The Bertz CT molecular complexity index is 2450. The van der Waals surface area contributed by atoms with Gasteiger partial charge in [-0.15, -0.1) is 0 Å². The fraction of sp³-hybridized carbons (Fsp3) is 0.481. The van der Waals surface area contributed by atoms with Crippen LogP contribution in [0.4, 0.5) is 0 Å². The molecule has 4 aromatic rings. The molecule has 0 amide bonds. The molecule has 0 saturated heterocycles. The maximum absolute atomic E-state index is 12.3. The Hall–Kier alpha value is -6.04.